The van der Waals surface area contributed by atoms with Gasteiger partial charge in [-0.1, -0.05) is 11.6 Å². The second kappa shape index (κ2) is 7.31. The molecule has 6 heteroatoms. The standard InChI is InChI=1S/C23H25ClFN3O/c1-29-18-2-3-21-20(13-18)19-4-7-26-23(22(19)27-21)5-8-28(9-6-23)14-15-10-16(24)12-17(25)11-15/h2-3,10-13,26-27H,4-9,14H2,1H3. The van der Waals surface area contributed by atoms with E-state index in [1.807, 2.05) is 12.1 Å². The number of piperidine rings is 1. The highest BCUT2D eigenvalue weighted by Crippen LogP contribution is 2.41. The molecule has 0 aliphatic carbocycles. The second-order valence-corrected chi connectivity index (χ2v) is 8.64. The summed E-state index contributed by atoms with van der Waals surface area (Å²) in [6.07, 6.45) is 3.07. The Hall–Kier alpha value is -2.08. The van der Waals surface area contributed by atoms with Gasteiger partial charge in [0.25, 0.3) is 0 Å². The van der Waals surface area contributed by atoms with Crippen LogP contribution in [0.15, 0.2) is 36.4 Å². The maximum absolute atomic E-state index is 13.7. The quantitative estimate of drug-likeness (QED) is 0.659. The highest BCUT2D eigenvalue weighted by molar-refractivity contribution is 6.30. The van der Waals surface area contributed by atoms with Crippen molar-refractivity contribution < 1.29 is 9.13 Å². The lowest BCUT2D eigenvalue weighted by atomic mass is 9.79. The van der Waals surface area contributed by atoms with Crippen LogP contribution >= 0.6 is 11.6 Å². The highest BCUT2D eigenvalue weighted by Gasteiger charge is 2.41. The van der Waals surface area contributed by atoms with E-state index >= 15 is 0 Å². The number of aromatic amines is 1. The van der Waals surface area contributed by atoms with E-state index in [0.717, 1.165) is 56.8 Å². The highest BCUT2D eigenvalue weighted by atomic mass is 35.5. The number of hydrogen-bond acceptors (Lipinski definition) is 3. The van der Waals surface area contributed by atoms with E-state index in [9.17, 15) is 4.39 Å². The van der Waals surface area contributed by atoms with E-state index in [1.165, 1.54) is 28.2 Å². The first-order valence-corrected chi connectivity index (χ1v) is 10.6. The molecule has 2 N–H and O–H groups in total. The van der Waals surface area contributed by atoms with E-state index in [4.69, 9.17) is 16.3 Å². The van der Waals surface area contributed by atoms with Gasteiger partial charge in [-0.05, 0) is 66.8 Å². The third-order valence-electron chi connectivity index (χ3n) is 6.47. The molecular formula is C23H25ClFN3O. The first kappa shape index (κ1) is 18.9. The first-order valence-electron chi connectivity index (χ1n) is 10.2. The molecule has 1 saturated heterocycles. The maximum Gasteiger partial charge on any atom is 0.125 e. The van der Waals surface area contributed by atoms with Crippen LogP contribution in [0.3, 0.4) is 0 Å². The lowest BCUT2D eigenvalue weighted by molar-refractivity contribution is 0.121. The van der Waals surface area contributed by atoms with Crippen LogP contribution in [0.25, 0.3) is 10.9 Å². The van der Waals surface area contributed by atoms with Crippen LogP contribution in [-0.2, 0) is 18.5 Å². The summed E-state index contributed by atoms with van der Waals surface area (Å²) in [5.74, 6) is 0.628. The second-order valence-electron chi connectivity index (χ2n) is 8.20. The Bertz CT molecular complexity index is 1040. The maximum atomic E-state index is 13.7. The van der Waals surface area contributed by atoms with Gasteiger partial charge in [-0.25, -0.2) is 4.39 Å². The van der Waals surface area contributed by atoms with Gasteiger partial charge in [0.1, 0.15) is 11.6 Å². The van der Waals surface area contributed by atoms with Crippen LogP contribution < -0.4 is 10.1 Å². The Kier molecular flexibility index (Phi) is 4.77. The van der Waals surface area contributed by atoms with Crippen molar-refractivity contribution in [2.75, 3.05) is 26.7 Å². The van der Waals surface area contributed by atoms with Crippen LogP contribution in [0, 0.1) is 5.82 Å². The fourth-order valence-corrected chi connectivity index (χ4v) is 5.26. The lowest BCUT2D eigenvalue weighted by Crippen LogP contribution is -2.54. The fourth-order valence-electron chi connectivity index (χ4n) is 5.02. The molecule has 5 rings (SSSR count). The number of hydrogen-bond donors (Lipinski definition) is 2. The Balaban J connectivity index is 1.38. The van der Waals surface area contributed by atoms with Crippen molar-refractivity contribution >= 4 is 22.5 Å². The van der Waals surface area contributed by atoms with Crippen molar-refractivity contribution in [3.8, 4) is 5.75 Å². The van der Waals surface area contributed by atoms with Crippen LogP contribution in [0.4, 0.5) is 4.39 Å². The molecule has 3 heterocycles. The van der Waals surface area contributed by atoms with Crippen LogP contribution in [0.5, 0.6) is 5.75 Å². The molecule has 0 saturated carbocycles. The zero-order chi connectivity index (χ0) is 20.0. The molecule has 0 radical (unpaired) electrons. The number of ether oxygens (including phenoxy) is 1. The molecule has 2 aromatic carbocycles. The number of methoxy groups -OCH3 is 1. The summed E-state index contributed by atoms with van der Waals surface area (Å²) in [5.41, 5.74) is 4.84. The van der Waals surface area contributed by atoms with Crippen LogP contribution in [0.2, 0.25) is 5.02 Å². The SMILES string of the molecule is COc1ccc2[nH]c3c(c2c1)CCNC31CCN(Cc2cc(F)cc(Cl)c2)CC1. The van der Waals surface area contributed by atoms with E-state index < -0.39 is 0 Å². The molecule has 4 nitrogen and oxygen atoms in total. The van der Waals surface area contributed by atoms with Gasteiger partial charge >= 0.3 is 0 Å². The van der Waals surface area contributed by atoms with Gasteiger partial charge in [0.05, 0.1) is 12.6 Å². The van der Waals surface area contributed by atoms with Gasteiger partial charge in [-0.15, -0.1) is 0 Å². The average Bonchev–Trinajstić information content (AvgIpc) is 3.09. The van der Waals surface area contributed by atoms with E-state index in [1.54, 1.807) is 13.2 Å². The fraction of sp³-hybridized carbons (Fsp3) is 0.391. The van der Waals surface area contributed by atoms with Crippen molar-refractivity contribution in [1.82, 2.24) is 15.2 Å². The number of likely N-dealkylation sites (tertiary alicyclic amines) is 1. The molecule has 1 fully saturated rings. The summed E-state index contributed by atoms with van der Waals surface area (Å²) in [5, 5.41) is 5.55. The minimum absolute atomic E-state index is 0.0179. The molecular weight excluding hydrogens is 389 g/mol. The van der Waals surface area contributed by atoms with Crippen molar-refractivity contribution in [2.45, 2.75) is 31.3 Å². The lowest BCUT2D eigenvalue weighted by Gasteiger charge is -2.45. The van der Waals surface area contributed by atoms with Crippen molar-refractivity contribution in [3.05, 3.63) is 64.1 Å². The first-order chi connectivity index (χ1) is 14.1. The topological polar surface area (TPSA) is 40.3 Å². The van der Waals surface area contributed by atoms with E-state index in [2.05, 4.69) is 27.3 Å². The molecule has 0 amide bonds. The molecule has 29 heavy (non-hydrogen) atoms. The third-order valence-corrected chi connectivity index (χ3v) is 6.69. The summed E-state index contributed by atoms with van der Waals surface area (Å²) in [4.78, 5) is 6.09. The van der Waals surface area contributed by atoms with Gasteiger partial charge in [-0.3, -0.25) is 4.90 Å². The number of nitrogens with zero attached hydrogens (tertiary/aromatic N) is 1. The van der Waals surface area contributed by atoms with Gasteiger partial charge in [0.15, 0.2) is 0 Å². The van der Waals surface area contributed by atoms with Crippen molar-refractivity contribution in [2.24, 2.45) is 0 Å². The summed E-state index contributed by atoms with van der Waals surface area (Å²) >= 11 is 6.02. The molecule has 2 aliphatic heterocycles. The Morgan fingerprint density at radius 2 is 2.00 bits per heavy atom. The van der Waals surface area contributed by atoms with Crippen LogP contribution in [0.1, 0.15) is 29.7 Å². The largest absolute Gasteiger partial charge is 0.497 e. The monoisotopic (exact) mass is 413 g/mol. The smallest absolute Gasteiger partial charge is 0.125 e. The van der Waals surface area contributed by atoms with E-state index in [-0.39, 0.29) is 11.4 Å². The van der Waals surface area contributed by atoms with Gasteiger partial charge in [0, 0.05) is 47.8 Å². The van der Waals surface area contributed by atoms with Crippen molar-refractivity contribution in [3.63, 3.8) is 0 Å². The number of aromatic nitrogens is 1. The minimum atomic E-state index is -0.270. The van der Waals surface area contributed by atoms with Gasteiger partial charge in [-0.2, -0.15) is 0 Å². The third kappa shape index (κ3) is 3.41. The Labute approximate surface area is 175 Å². The predicted molar refractivity (Wildman–Crippen MR) is 114 cm³/mol. The number of fused-ring (bicyclic) bond motifs is 4. The summed E-state index contributed by atoms with van der Waals surface area (Å²) in [6, 6.07) is 11.1. The Morgan fingerprint density at radius 1 is 1.17 bits per heavy atom. The number of rotatable bonds is 3. The van der Waals surface area contributed by atoms with Gasteiger partial charge in [0.2, 0.25) is 0 Å². The molecule has 0 unspecified atom stereocenters. The average molecular weight is 414 g/mol. The molecule has 1 spiro atoms. The molecule has 0 bridgehead atoms. The number of halogens is 2. The number of nitrogens with one attached hydrogen (secondary N) is 2. The molecule has 3 aromatic rings. The Morgan fingerprint density at radius 3 is 2.76 bits per heavy atom. The predicted octanol–water partition coefficient (Wildman–Crippen LogP) is 4.61. The number of benzene rings is 2. The van der Waals surface area contributed by atoms with Crippen molar-refractivity contribution in [1.29, 1.82) is 0 Å². The molecule has 2 aliphatic rings. The zero-order valence-corrected chi connectivity index (χ0v) is 17.3. The zero-order valence-electron chi connectivity index (χ0n) is 16.5. The number of H-pyrrole nitrogens is 1. The van der Waals surface area contributed by atoms with Crippen LogP contribution in [-0.4, -0.2) is 36.6 Å². The summed E-state index contributed by atoms with van der Waals surface area (Å²) in [6.45, 7) is 3.62. The normalized spacial score (nSPS) is 18.9. The van der Waals surface area contributed by atoms with Gasteiger partial charge < -0.3 is 15.0 Å². The van der Waals surface area contributed by atoms with E-state index in [0.29, 0.717) is 5.02 Å². The molecule has 0 atom stereocenters. The summed E-state index contributed by atoms with van der Waals surface area (Å²) < 4.78 is 19.1. The minimum Gasteiger partial charge on any atom is -0.497 e. The molecule has 152 valence electrons. The summed E-state index contributed by atoms with van der Waals surface area (Å²) in [7, 11) is 1.71. The molecule has 1 aromatic heterocycles.